The van der Waals surface area contributed by atoms with Crippen LogP contribution in [0.4, 0.5) is 4.39 Å². The Labute approximate surface area is 114 Å². The second-order valence-corrected chi connectivity index (χ2v) is 4.41. The van der Waals surface area contributed by atoms with Crippen LogP contribution in [0.25, 0.3) is 10.9 Å². The predicted octanol–water partition coefficient (Wildman–Crippen LogP) is 2.79. The Hall–Kier alpha value is -2.40. The SMILES string of the molecule is COc1cccc(F)c1C(O)c1n[nH]c2ccccc12. The van der Waals surface area contributed by atoms with E-state index in [1.807, 2.05) is 24.3 Å². The van der Waals surface area contributed by atoms with Crippen molar-refractivity contribution in [1.82, 2.24) is 10.2 Å². The van der Waals surface area contributed by atoms with Gasteiger partial charge in [0.2, 0.25) is 0 Å². The molecule has 3 aromatic rings. The first-order valence-electron chi connectivity index (χ1n) is 6.16. The van der Waals surface area contributed by atoms with Gasteiger partial charge in [-0.1, -0.05) is 24.3 Å². The highest BCUT2D eigenvalue weighted by Crippen LogP contribution is 2.34. The minimum absolute atomic E-state index is 0.0900. The van der Waals surface area contributed by atoms with Crippen molar-refractivity contribution in [2.75, 3.05) is 7.11 Å². The van der Waals surface area contributed by atoms with Crippen LogP contribution in [0.1, 0.15) is 17.4 Å². The number of halogens is 1. The van der Waals surface area contributed by atoms with E-state index in [0.717, 1.165) is 10.9 Å². The van der Waals surface area contributed by atoms with Gasteiger partial charge in [-0.3, -0.25) is 5.10 Å². The third-order valence-electron chi connectivity index (χ3n) is 3.27. The molecular formula is C15H13FN2O2. The molecule has 0 bridgehead atoms. The lowest BCUT2D eigenvalue weighted by Crippen LogP contribution is -2.06. The van der Waals surface area contributed by atoms with Gasteiger partial charge in [-0.2, -0.15) is 5.10 Å². The highest BCUT2D eigenvalue weighted by atomic mass is 19.1. The molecule has 0 saturated carbocycles. The maximum absolute atomic E-state index is 14.0. The molecule has 2 N–H and O–H groups in total. The number of methoxy groups -OCH3 is 1. The van der Waals surface area contributed by atoms with Gasteiger partial charge in [0.1, 0.15) is 23.4 Å². The zero-order chi connectivity index (χ0) is 14.1. The smallest absolute Gasteiger partial charge is 0.133 e. The number of H-pyrrole nitrogens is 1. The molecule has 0 aliphatic heterocycles. The molecule has 0 spiro atoms. The first kappa shape index (κ1) is 12.6. The largest absolute Gasteiger partial charge is 0.496 e. The summed E-state index contributed by atoms with van der Waals surface area (Å²) in [6, 6.07) is 11.8. The number of hydrogen-bond donors (Lipinski definition) is 2. The molecule has 0 amide bonds. The van der Waals surface area contributed by atoms with Gasteiger partial charge in [-0.15, -0.1) is 0 Å². The lowest BCUT2D eigenvalue weighted by Gasteiger charge is -2.14. The number of nitrogens with zero attached hydrogens (tertiary/aromatic N) is 1. The molecule has 20 heavy (non-hydrogen) atoms. The highest BCUT2D eigenvalue weighted by Gasteiger charge is 2.23. The van der Waals surface area contributed by atoms with Crippen molar-refractivity contribution in [3.8, 4) is 5.75 Å². The van der Waals surface area contributed by atoms with Gasteiger partial charge in [0, 0.05) is 5.39 Å². The van der Waals surface area contributed by atoms with Gasteiger partial charge in [0.15, 0.2) is 0 Å². The van der Waals surface area contributed by atoms with E-state index in [1.165, 1.54) is 19.2 Å². The Bertz CT molecular complexity index is 754. The normalized spacial score (nSPS) is 12.6. The van der Waals surface area contributed by atoms with E-state index < -0.39 is 11.9 Å². The van der Waals surface area contributed by atoms with Crippen molar-refractivity contribution in [2.45, 2.75) is 6.10 Å². The van der Waals surface area contributed by atoms with Crippen molar-refractivity contribution in [2.24, 2.45) is 0 Å². The maximum Gasteiger partial charge on any atom is 0.133 e. The number of nitrogens with one attached hydrogen (secondary N) is 1. The van der Waals surface area contributed by atoms with Crippen molar-refractivity contribution in [3.05, 3.63) is 59.5 Å². The molecule has 1 heterocycles. The quantitative estimate of drug-likeness (QED) is 0.770. The molecule has 1 aromatic heterocycles. The molecule has 0 aliphatic carbocycles. The molecule has 1 unspecified atom stereocenters. The zero-order valence-electron chi connectivity index (χ0n) is 10.8. The lowest BCUT2D eigenvalue weighted by molar-refractivity contribution is 0.205. The Morgan fingerprint density at radius 1 is 1.20 bits per heavy atom. The van der Waals surface area contributed by atoms with Crippen LogP contribution in [-0.4, -0.2) is 22.4 Å². The summed E-state index contributed by atoms with van der Waals surface area (Å²) in [6.45, 7) is 0. The number of benzene rings is 2. The summed E-state index contributed by atoms with van der Waals surface area (Å²) in [4.78, 5) is 0. The van der Waals surface area contributed by atoms with Gasteiger partial charge in [0.25, 0.3) is 0 Å². The maximum atomic E-state index is 14.0. The first-order chi connectivity index (χ1) is 9.72. The average molecular weight is 272 g/mol. The Balaban J connectivity index is 2.16. The fourth-order valence-corrected chi connectivity index (χ4v) is 2.29. The summed E-state index contributed by atoms with van der Waals surface area (Å²) in [5, 5.41) is 18.1. The number of fused-ring (bicyclic) bond motifs is 1. The second kappa shape index (κ2) is 4.94. The Kier molecular flexibility index (Phi) is 3.12. The van der Waals surface area contributed by atoms with Crippen molar-refractivity contribution in [3.63, 3.8) is 0 Å². The topological polar surface area (TPSA) is 58.1 Å². The van der Waals surface area contributed by atoms with E-state index in [4.69, 9.17) is 4.74 Å². The van der Waals surface area contributed by atoms with E-state index in [-0.39, 0.29) is 5.56 Å². The number of ether oxygens (including phenoxy) is 1. The minimum atomic E-state index is -1.19. The van der Waals surface area contributed by atoms with E-state index in [9.17, 15) is 9.50 Å². The molecule has 4 nitrogen and oxygen atoms in total. The summed E-state index contributed by atoms with van der Waals surface area (Å²) in [5.41, 5.74) is 1.26. The molecule has 1 atom stereocenters. The highest BCUT2D eigenvalue weighted by molar-refractivity contribution is 5.82. The molecule has 3 rings (SSSR count). The number of aliphatic hydroxyl groups is 1. The van der Waals surface area contributed by atoms with E-state index in [2.05, 4.69) is 10.2 Å². The summed E-state index contributed by atoms with van der Waals surface area (Å²) >= 11 is 0. The summed E-state index contributed by atoms with van der Waals surface area (Å²) in [5.74, 6) is -0.228. The molecule has 5 heteroatoms. The number of aromatic amines is 1. The molecule has 0 aliphatic rings. The zero-order valence-corrected chi connectivity index (χ0v) is 10.8. The van der Waals surface area contributed by atoms with E-state index in [1.54, 1.807) is 6.07 Å². The second-order valence-electron chi connectivity index (χ2n) is 4.41. The van der Waals surface area contributed by atoms with Crippen molar-refractivity contribution in [1.29, 1.82) is 0 Å². The van der Waals surface area contributed by atoms with E-state index >= 15 is 0 Å². The molecule has 2 aromatic carbocycles. The standard InChI is InChI=1S/C15H13FN2O2/c1-20-12-8-4-6-10(16)13(12)15(19)14-9-5-2-3-7-11(9)17-18-14/h2-8,15,19H,1H3,(H,17,18). The van der Waals surface area contributed by atoms with Crippen LogP contribution in [0.2, 0.25) is 0 Å². The van der Waals surface area contributed by atoms with Crippen LogP contribution in [-0.2, 0) is 0 Å². The van der Waals surface area contributed by atoms with Crippen molar-refractivity contribution < 1.29 is 14.2 Å². The Morgan fingerprint density at radius 2 is 2.00 bits per heavy atom. The number of aliphatic hydroxyl groups excluding tert-OH is 1. The lowest BCUT2D eigenvalue weighted by atomic mass is 10.0. The minimum Gasteiger partial charge on any atom is -0.496 e. The molecular weight excluding hydrogens is 259 g/mol. The van der Waals surface area contributed by atoms with Gasteiger partial charge in [0.05, 0.1) is 18.2 Å². The molecule has 0 saturated heterocycles. The van der Waals surface area contributed by atoms with Gasteiger partial charge in [-0.05, 0) is 18.2 Å². The number of rotatable bonds is 3. The van der Waals surface area contributed by atoms with Crippen LogP contribution in [0.5, 0.6) is 5.75 Å². The number of para-hydroxylation sites is 1. The fraction of sp³-hybridized carbons (Fsp3) is 0.133. The fourth-order valence-electron chi connectivity index (χ4n) is 2.29. The van der Waals surface area contributed by atoms with Crippen LogP contribution in [0.3, 0.4) is 0 Å². The third kappa shape index (κ3) is 1.92. The first-order valence-corrected chi connectivity index (χ1v) is 6.16. The Morgan fingerprint density at radius 3 is 2.80 bits per heavy atom. The molecule has 0 radical (unpaired) electrons. The van der Waals surface area contributed by atoms with Crippen LogP contribution >= 0.6 is 0 Å². The average Bonchev–Trinajstić information content (AvgIpc) is 2.90. The monoisotopic (exact) mass is 272 g/mol. The number of aromatic nitrogens is 2. The summed E-state index contributed by atoms with van der Waals surface area (Å²) < 4.78 is 19.1. The van der Waals surface area contributed by atoms with Crippen LogP contribution in [0.15, 0.2) is 42.5 Å². The molecule has 0 fully saturated rings. The van der Waals surface area contributed by atoms with Gasteiger partial charge in [-0.25, -0.2) is 4.39 Å². The van der Waals surface area contributed by atoms with E-state index in [0.29, 0.717) is 11.4 Å². The number of hydrogen-bond acceptors (Lipinski definition) is 3. The van der Waals surface area contributed by atoms with Gasteiger partial charge < -0.3 is 9.84 Å². The van der Waals surface area contributed by atoms with Crippen molar-refractivity contribution >= 4 is 10.9 Å². The predicted molar refractivity (Wildman–Crippen MR) is 73.1 cm³/mol. The summed E-state index contributed by atoms with van der Waals surface area (Å²) in [6.07, 6.45) is -1.19. The van der Waals surface area contributed by atoms with Gasteiger partial charge >= 0.3 is 0 Å². The summed E-state index contributed by atoms with van der Waals surface area (Å²) in [7, 11) is 1.44. The van der Waals surface area contributed by atoms with Crippen LogP contribution in [0, 0.1) is 5.82 Å². The third-order valence-corrected chi connectivity index (χ3v) is 3.27. The molecule has 102 valence electrons. The van der Waals surface area contributed by atoms with Crippen LogP contribution < -0.4 is 4.74 Å².